The molecule has 1 aliphatic rings. The molecule has 3 amide bonds. The molecule has 142 valence electrons. The van der Waals surface area contributed by atoms with E-state index < -0.39 is 17.4 Å². The summed E-state index contributed by atoms with van der Waals surface area (Å²) < 4.78 is 4.94. The Labute approximate surface area is 164 Å². The highest BCUT2D eigenvalue weighted by Crippen LogP contribution is 2.38. The molecular formula is C17H18N4O4S2. The second kappa shape index (κ2) is 8.40. The summed E-state index contributed by atoms with van der Waals surface area (Å²) in [7, 11) is 0. The molecule has 0 spiro atoms. The molecular weight excluding hydrogens is 388 g/mol. The number of rotatable bonds is 5. The van der Waals surface area contributed by atoms with Crippen molar-refractivity contribution in [1.82, 2.24) is 10.3 Å². The van der Waals surface area contributed by atoms with E-state index in [0.29, 0.717) is 5.00 Å². The van der Waals surface area contributed by atoms with Gasteiger partial charge in [0.15, 0.2) is 5.37 Å². The molecule has 0 radical (unpaired) electrons. The molecule has 2 aromatic rings. The van der Waals surface area contributed by atoms with Crippen molar-refractivity contribution in [2.75, 3.05) is 17.2 Å². The number of imide groups is 1. The van der Waals surface area contributed by atoms with E-state index in [1.54, 1.807) is 23.8 Å². The summed E-state index contributed by atoms with van der Waals surface area (Å²) in [5.41, 5.74) is 0.997. The highest BCUT2D eigenvalue weighted by molar-refractivity contribution is 8.01. The van der Waals surface area contributed by atoms with Gasteiger partial charge in [0.2, 0.25) is 0 Å². The third-order valence-electron chi connectivity index (χ3n) is 3.46. The van der Waals surface area contributed by atoms with Crippen molar-refractivity contribution >= 4 is 51.7 Å². The zero-order valence-electron chi connectivity index (χ0n) is 14.6. The van der Waals surface area contributed by atoms with Crippen molar-refractivity contribution in [2.24, 2.45) is 5.92 Å². The molecule has 3 rings (SSSR count). The first-order chi connectivity index (χ1) is 12.9. The number of ether oxygens (including phenoxy) is 1. The van der Waals surface area contributed by atoms with Crippen LogP contribution in [-0.4, -0.2) is 34.9 Å². The van der Waals surface area contributed by atoms with Gasteiger partial charge in [0.1, 0.15) is 5.00 Å². The Hall–Kier alpha value is -2.59. The topological polar surface area (TPSA) is 109 Å². The van der Waals surface area contributed by atoms with Crippen molar-refractivity contribution < 1.29 is 19.1 Å². The van der Waals surface area contributed by atoms with Crippen LogP contribution in [0.5, 0.6) is 0 Å². The number of nitrogens with one attached hydrogen (secondary N) is 3. The van der Waals surface area contributed by atoms with Gasteiger partial charge in [-0.2, -0.15) is 0 Å². The van der Waals surface area contributed by atoms with Crippen LogP contribution < -0.4 is 16.0 Å². The number of hydrogen-bond acceptors (Lipinski definition) is 8. The van der Waals surface area contributed by atoms with E-state index in [4.69, 9.17) is 4.74 Å². The summed E-state index contributed by atoms with van der Waals surface area (Å²) in [6, 6.07) is 3.37. The number of fused-ring (bicyclic) bond motifs is 1. The van der Waals surface area contributed by atoms with Crippen molar-refractivity contribution in [3.8, 4) is 0 Å². The number of carbonyl (C=O) groups is 3. The maximum absolute atomic E-state index is 12.5. The lowest BCUT2D eigenvalue weighted by Crippen LogP contribution is -2.33. The van der Waals surface area contributed by atoms with Crippen LogP contribution in [-0.2, 0) is 9.53 Å². The lowest BCUT2D eigenvalue weighted by Gasteiger charge is -2.12. The SMILES string of the molecule is CC(C)COC(=O)NC(=O)c1ccsc1NC(=O)C1Nc2cnccc2S1. The molecule has 10 heteroatoms. The van der Waals surface area contributed by atoms with Crippen molar-refractivity contribution in [1.29, 1.82) is 0 Å². The van der Waals surface area contributed by atoms with E-state index in [0.717, 1.165) is 10.6 Å². The molecule has 0 aromatic carbocycles. The van der Waals surface area contributed by atoms with Crippen LogP contribution in [0.2, 0.25) is 0 Å². The summed E-state index contributed by atoms with van der Waals surface area (Å²) in [5, 5.41) is 9.47. The Balaban J connectivity index is 1.59. The molecule has 0 saturated carbocycles. The van der Waals surface area contributed by atoms with Gasteiger partial charge in [0.25, 0.3) is 11.8 Å². The fraction of sp³-hybridized carbons (Fsp3) is 0.294. The predicted octanol–water partition coefficient (Wildman–Crippen LogP) is 3.15. The van der Waals surface area contributed by atoms with Crippen LogP contribution in [0.1, 0.15) is 24.2 Å². The Morgan fingerprint density at radius 2 is 2.15 bits per heavy atom. The van der Waals surface area contributed by atoms with Crippen LogP contribution in [0.25, 0.3) is 0 Å². The molecule has 3 N–H and O–H groups in total. The van der Waals surface area contributed by atoms with Gasteiger partial charge in [-0.15, -0.1) is 11.3 Å². The number of thiophene rings is 1. The van der Waals surface area contributed by atoms with Gasteiger partial charge in [-0.1, -0.05) is 25.6 Å². The number of hydrogen-bond donors (Lipinski definition) is 3. The number of amides is 3. The van der Waals surface area contributed by atoms with Crippen LogP contribution in [0.15, 0.2) is 34.8 Å². The quantitative estimate of drug-likeness (QED) is 0.700. The summed E-state index contributed by atoms with van der Waals surface area (Å²) in [6.07, 6.45) is 2.50. The van der Waals surface area contributed by atoms with Gasteiger partial charge in [-0.3, -0.25) is 19.9 Å². The number of thioether (sulfide) groups is 1. The fourth-order valence-electron chi connectivity index (χ4n) is 2.21. The number of nitrogens with zero attached hydrogens (tertiary/aromatic N) is 1. The number of aromatic nitrogens is 1. The minimum Gasteiger partial charge on any atom is -0.449 e. The van der Waals surface area contributed by atoms with E-state index in [9.17, 15) is 14.4 Å². The molecule has 8 nitrogen and oxygen atoms in total. The average molecular weight is 406 g/mol. The van der Waals surface area contributed by atoms with Gasteiger partial charge < -0.3 is 15.4 Å². The predicted molar refractivity (Wildman–Crippen MR) is 104 cm³/mol. The molecule has 1 atom stereocenters. The summed E-state index contributed by atoms with van der Waals surface area (Å²) in [4.78, 5) is 41.4. The largest absolute Gasteiger partial charge is 0.449 e. The normalized spacial score (nSPS) is 15.0. The Morgan fingerprint density at radius 1 is 1.33 bits per heavy atom. The van der Waals surface area contributed by atoms with Gasteiger partial charge >= 0.3 is 6.09 Å². The fourth-order valence-corrected chi connectivity index (χ4v) is 3.98. The molecule has 0 bridgehead atoms. The van der Waals surface area contributed by atoms with Gasteiger partial charge in [-0.05, 0) is 23.4 Å². The number of pyridine rings is 1. The highest BCUT2D eigenvalue weighted by atomic mass is 32.2. The summed E-state index contributed by atoms with van der Waals surface area (Å²) in [5.74, 6) is -0.757. The molecule has 2 aromatic heterocycles. The maximum Gasteiger partial charge on any atom is 0.414 e. The van der Waals surface area contributed by atoms with Crippen molar-refractivity contribution in [3.05, 3.63) is 35.5 Å². The third kappa shape index (κ3) is 4.77. The van der Waals surface area contributed by atoms with Gasteiger partial charge in [0.05, 0.1) is 24.1 Å². The van der Waals surface area contributed by atoms with Gasteiger partial charge in [-0.25, -0.2) is 4.79 Å². The van der Waals surface area contributed by atoms with Crippen LogP contribution in [0, 0.1) is 5.92 Å². The lowest BCUT2D eigenvalue weighted by molar-refractivity contribution is -0.115. The molecule has 27 heavy (non-hydrogen) atoms. The molecule has 3 heterocycles. The van der Waals surface area contributed by atoms with E-state index in [1.807, 2.05) is 19.9 Å². The zero-order valence-corrected chi connectivity index (χ0v) is 16.3. The smallest absolute Gasteiger partial charge is 0.414 e. The second-order valence-corrected chi connectivity index (χ2v) is 8.18. The average Bonchev–Trinajstić information content (AvgIpc) is 3.26. The van der Waals surface area contributed by atoms with Crippen LogP contribution >= 0.6 is 23.1 Å². The zero-order chi connectivity index (χ0) is 19.4. The standard InChI is InChI=1S/C17H18N4O4S2/c1-9(2)8-25-17(24)21-13(22)10-4-6-26-15(10)20-14(23)16-19-11-7-18-5-3-12(11)27-16/h3-7,9,16,19H,8H2,1-2H3,(H,20,23)(H,21,22,24). The first-order valence-electron chi connectivity index (χ1n) is 8.17. The number of alkyl carbamates (subject to hydrolysis) is 1. The van der Waals surface area contributed by atoms with E-state index in [1.165, 1.54) is 23.1 Å². The maximum atomic E-state index is 12.5. The second-order valence-electron chi connectivity index (χ2n) is 6.11. The van der Waals surface area contributed by atoms with E-state index in [-0.39, 0.29) is 24.0 Å². The van der Waals surface area contributed by atoms with E-state index >= 15 is 0 Å². The molecule has 1 unspecified atom stereocenters. The Morgan fingerprint density at radius 3 is 2.89 bits per heavy atom. The Bertz CT molecular complexity index is 843. The van der Waals surface area contributed by atoms with Gasteiger partial charge in [0, 0.05) is 11.1 Å². The molecule has 0 fully saturated rings. The first kappa shape index (κ1) is 19.2. The number of carbonyl (C=O) groups excluding carboxylic acids is 3. The van der Waals surface area contributed by atoms with Crippen LogP contribution in [0.4, 0.5) is 15.5 Å². The first-order valence-corrected chi connectivity index (χ1v) is 9.93. The van der Waals surface area contributed by atoms with Crippen molar-refractivity contribution in [3.63, 3.8) is 0 Å². The third-order valence-corrected chi connectivity index (χ3v) is 5.47. The van der Waals surface area contributed by atoms with Crippen LogP contribution in [0.3, 0.4) is 0 Å². The van der Waals surface area contributed by atoms with E-state index in [2.05, 4.69) is 20.9 Å². The minimum absolute atomic E-state index is 0.164. The lowest BCUT2D eigenvalue weighted by atomic mass is 10.2. The number of anilines is 2. The minimum atomic E-state index is -0.812. The molecule has 1 aliphatic heterocycles. The monoisotopic (exact) mass is 406 g/mol. The molecule has 0 saturated heterocycles. The molecule has 0 aliphatic carbocycles. The summed E-state index contributed by atoms with van der Waals surface area (Å²) in [6.45, 7) is 4.00. The summed E-state index contributed by atoms with van der Waals surface area (Å²) >= 11 is 2.57. The highest BCUT2D eigenvalue weighted by Gasteiger charge is 2.29. The Kier molecular flexibility index (Phi) is 5.97. The van der Waals surface area contributed by atoms with Crippen molar-refractivity contribution in [2.45, 2.75) is 24.1 Å².